The second-order valence-corrected chi connectivity index (χ2v) is 7.80. The van der Waals surface area contributed by atoms with Gasteiger partial charge in [-0.05, 0) is 48.9 Å². The predicted octanol–water partition coefficient (Wildman–Crippen LogP) is 5.31. The molecule has 0 radical (unpaired) electrons. The molecule has 3 aromatic carbocycles. The molecule has 1 amide bonds. The summed E-state index contributed by atoms with van der Waals surface area (Å²) in [7, 11) is 0. The Morgan fingerprint density at radius 1 is 0.967 bits per heavy atom. The van der Waals surface area contributed by atoms with E-state index in [1.54, 1.807) is 17.0 Å². The van der Waals surface area contributed by atoms with Crippen LogP contribution in [-0.2, 0) is 4.79 Å². The molecule has 4 aromatic rings. The number of imidazole rings is 1. The zero-order valence-electron chi connectivity index (χ0n) is 16.7. The van der Waals surface area contributed by atoms with Crippen LogP contribution in [0.4, 0.5) is 10.1 Å². The van der Waals surface area contributed by atoms with Gasteiger partial charge in [0.25, 0.3) is 0 Å². The number of hydrogen-bond donors (Lipinski definition) is 0. The Morgan fingerprint density at radius 2 is 1.67 bits per heavy atom. The van der Waals surface area contributed by atoms with Gasteiger partial charge in [-0.25, -0.2) is 9.37 Å². The molecule has 0 spiro atoms. The number of fused-ring (bicyclic) bond motifs is 1. The van der Waals surface area contributed by atoms with Crippen LogP contribution in [0.5, 0.6) is 0 Å². The zero-order valence-corrected chi connectivity index (χ0v) is 16.7. The van der Waals surface area contributed by atoms with Crippen molar-refractivity contribution < 1.29 is 9.18 Å². The van der Waals surface area contributed by atoms with E-state index in [-0.39, 0.29) is 23.7 Å². The third-order valence-electron chi connectivity index (χ3n) is 5.92. The van der Waals surface area contributed by atoms with E-state index in [1.165, 1.54) is 17.7 Å². The lowest BCUT2D eigenvalue weighted by atomic mass is 10.0. The van der Waals surface area contributed by atoms with Crippen molar-refractivity contribution in [1.82, 2.24) is 9.55 Å². The van der Waals surface area contributed by atoms with E-state index in [4.69, 9.17) is 4.98 Å². The minimum Gasteiger partial charge on any atom is -0.320 e. The van der Waals surface area contributed by atoms with E-state index >= 15 is 0 Å². The van der Waals surface area contributed by atoms with Crippen molar-refractivity contribution >= 4 is 22.6 Å². The van der Waals surface area contributed by atoms with Gasteiger partial charge in [-0.2, -0.15) is 0 Å². The molecule has 0 N–H and O–H groups in total. The predicted molar refractivity (Wildman–Crippen MR) is 116 cm³/mol. The first-order valence-electron chi connectivity index (χ1n) is 10.2. The molecule has 1 aromatic heterocycles. The third-order valence-corrected chi connectivity index (χ3v) is 5.92. The summed E-state index contributed by atoms with van der Waals surface area (Å²) >= 11 is 0. The van der Waals surface area contributed by atoms with Crippen LogP contribution in [-0.4, -0.2) is 22.0 Å². The minimum absolute atomic E-state index is 0.0267. The first-order valence-corrected chi connectivity index (χ1v) is 10.2. The fraction of sp³-hybridized carbons (Fsp3) is 0.200. The molecule has 2 heterocycles. The first kappa shape index (κ1) is 18.6. The lowest BCUT2D eigenvalue weighted by Gasteiger charge is -2.21. The number of hydrogen-bond acceptors (Lipinski definition) is 2. The maximum atomic E-state index is 13.3. The summed E-state index contributed by atoms with van der Waals surface area (Å²) in [6.07, 6.45) is 0.391. The van der Waals surface area contributed by atoms with Gasteiger partial charge in [0.15, 0.2) is 0 Å². The summed E-state index contributed by atoms with van der Waals surface area (Å²) in [5.74, 6) is 0.629. The van der Waals surface area contributed by atoms with Crippen molar-refractivity contribution in [3.63, 3.8) is 0 Å². The number of aromatic nitrogens is 2. The molecule has 0 aliphatic carbocycles. The van der Waals surface area contributed by atoms with Crippen LogP contribution in [0, 0.1) is 5.82 Å². The molecule has 2 atom stereocenters. The first-order chi connectivity index (χ1) is 14.6. The highest BCUT2D eigenvalue weighted by atomic mass is 19.1. The fourth-order valence-corrected chi connectivity index (χ4v) is 4.39. The zero-order chi connectivity index (χ0) is 20.7. The minimum atomic E-state index is -0.305. The number of para-hydroxylation sites is 2. The van der Waals surface area contributed by atoms with E-state index in [9.17, 15) is 9.18 Å². The van der Waals surface area contributed by atoms with Gasteiger partial charge in [0.1, 0.15) is 11.6 Å². The number of nitrogens with zero attached hydrogens (tertiary/aromatic N) is 3. The summed E-state index contributed by atoms with van der Waals surface area (Å²) in [5.41, 5.74) is 3.92. The second-order valence-electron chi connectivity index (χ2n) is 7.80. The Hall–Kier alpha value is -3.47. The van der Waals surface area contributed by atoms with Crippen LogP contribution in [0.15, 0.2) is 78.9 Å². The topological polar surface area (TPSA) is 38.1 Å². The van der Waals surface area contributed by atoms with E-state index in [1.807, 2.05) is 36.4 Å². The SMILES string of the molecule is CC(c1ccccc1)n1c(C2CC(=O)N(c3ccc(F)cc3)C2)nc2ccccc21. The monoisotopic (exact) mass is 399 g/mol. The van der Waals surface area contributed by atoms with Gasteiger partial charge in [-0.15, -0.1) is 0 Å². The molecule has 2 unspecified atom stereocenters. The van der Waals surface area contributed by atoms with Crippen LogP contribution in [0.25, 0.3) is 11.0 Å². The number of carbonyl (C=O) groups excluding carboxylic acids is 1. The summed E-state index contributed by atoms with van der Waals surface area (Å²) in [6, 6.07) is 24.6. The van der Waals surface area contributed by atoms with Crippen molar-refractivity contribution in [3.8, 4) is 0 Å². The van der Waals surface area contributed by atoms with E-state index < -0.39 is 0 Å². The Morgan fingerprint density at radius 3 is 2.43 bits per heavy atom. The van der Waals surface area contributed by atoms with Crippen LogP contribution in [0.1, 0.15) is 36.7 Å². The molecule has 1 aliphatic heterocycles. The molecule has 4 nitrogen and oxygen atoms in total. The highest BCUT2D eigenvalue weighted by molar-refractivity contribution is 5.96. The Bertz CT molecular complexity index is 1200. The number of anilines is 1. The molecule has 5 heteroatoms. The van der Waals surface area contributed by atoms with Gasteiger partial charge in [0, 0.05) is 24.6 Å². The molecule has 30 heavy (non-hydrogen) atoms. The molecule has 150 valence electrons. The van der Waals surface area contributed by atoms with Gasteiger partial charge in [0.05, 0.1) is 17.1 Å². The van der Waals surface area contributed by atoms with Gasteiger partial charge in [0.2, 0.25) is 5.91 Å². The molecule has 0 saturated carbocycles. The number of rotatable bonds is 4. The van der Waals surface area contributed by atoms with E-state index in [2.05, 4.69) is 29.7 Å². The van der Waals surface area contributed by atoms with Crippen molar-refractivity contribution in [1.29, 1.82) is 0 Å². The highest BCUT2D eigenvalue weighted by Gasteiger charge is 2.35. The number of halogens is 1. The maximum Gasteiger partial charge on any atom is 0.227 e. The lowest BCUT2D eigenvalue weighted by molar-refractivity contribution is -0.117. The molecule has 0 bridgehead atoms. The maximum absolute atomic E-state index is 13.3. The van der Waals surface area contributed by atoms with Crippen LogP contribution >= 0.6 is 0 Å². The summed E-state index contributed by atoms with van der Waals surface area (Å²) in [6.45, 7) is 2.71. The van der Waals surface area contributed by atoms with Crippen molar-refractivity contribution in [3.05, 3.63) is 96.1 Å². The second kappa shape index (κ2) is 7.41. The van der Waals surface area contributed by atoms with Crippen LogP contribution in [0.2, 0.25) is 0 Å². The van der Waals surface area contributed by atoms with Gasteiger partial charge >= 0.3 is 0 Å². The third kappa shape index (κ3) is 3.16. The fourth-order valence-electron chi connectivity index (χ4n) is 4.39. The normalized spacial score (nSPS) is 17.6. The van der Waals surface area contributed by atoms with E-state index in [0.29, 0.717) is 13.0 Å². The summed E-state index contributed by atoms with van der Waals surface area (Å²) in [4.78, 5) is 19.5. The number of carbonyl (C=O) groups is 1. The average Bonchev–Trinajstić information content (AvgIpc) is 3.35. The lowest BCUT2D eigenvalue weighted by Crippen LogP contribution is -2.24. The molecular formula is C25H22FN3O. The Kier molecular flexibility index (Phi) is 4.58. The van der Waals surface area contributed by atoms with E-state index in [0.717, 1.165) is 22.5 Å². The molecule has 1 saturated heterocycles. The molecule has 5 rings (SSSR count). The standard InChI is InChI=1S/C25H22FN3O/c1-17(18-7-3-2-4-8-18)29-23-10-6-5-9-22(23)27-25(29)19-15-24(30)28(16-19)21-13-11-20(26)12-14-21/h2-14,17,19H,15-16H2,1H3. The Balaban J connectivity index is 1.56. The molecule has 1 fully saturated rings. The largest absolute Gasteiger partial charge is 0.320 e. The highest BCUT2D eigenvalue weighted by Crippen LogP contribution is 2.36. The Labute approximate surface area is 174 Å². The number of amides is 1. The molecule has 1 aliphatic rings. The van der Waals surface area contributed by atoms with Crippen LogP contribution in [0.3, 0.4) is 0 Å². The summed E-state index contributed by atoms with van der Waals surface area (Å²) < 4.78 is 15.6. The van der Waals surface area contributed by atoms with Gasteiger partial charge in [-0.3, -0.25) is 4.79 Å². The smallest absolute Gasteiger partial charge is 0.227 e. The molecular weight excluding hydrogens is 377 g/mol. The van der Waals surface area contributed by atoms with Gasteiger partial charge < -0.3 is 9.47 Å². The van der Waals surface area contributed by atoms with Crippen molar-refractivity contribution in [2.75, 3.05) is 11.4 Å². The van der Waals surface area contributed by atoms with Crippen molar-refractivity contribution in [2.24, 2.45) is 0 Å². The number of benzene rings is 3. The average molecular weight is 399 g/mol. The van der Waals surface area contributed by atoms with Crippen LogP contribution < -0.4 is 4.90 Å². The quantitative estimate of drug-likeness (QED) is 0.467. The summed E-state index contributed by atoms with van der Waals surface area (Å²) in [5, 5.41) is 0. The van der Waals surface area contributed by atoms with Crippen molar-refractivity contribution in [2.45, 2.75) is 25.3 Å². The van der Waals surface area contributed by atoms with Gasteiger partial charge in [-0.1, -0.05) is 42.5 Å².